The Kier molecular flexibility index (Phi) is 17.7. The van der Waals surface area contributed by atoms with E-state index in [0.717, 1.165) is 0 Å². The summed E-state index contributed by atoms with van der Waals surface area (Å²) < 4.78 is 7.50. The van der Waals surface area contributed by atoms with Gasteiger partial charge in [-0.15, -0.1) is 0 Å². The predicted molar refractivity (Wildman–Crippen MR) is 124 cm³/mol. The summed E-state index contributed by atoms with van der Waals surface area (Å²) >= 11 is 0. The summed E-state index contributed by atoms with van der Waals surface area (Å²) in [6, 6.07) is 44.5. The number of hydrogen-bond acceptors (Lipinski definition) is 1. The summed E-state index contributed by atoms with van der Waals surface area (Å²) in [7, 11) is -0.877. The Morgan fingerprint density at radius 2 is 1.06 bits per heavy atom. The van der Waals surface area contributed by atoms with Crippen molar-refractivity contribution in [3.63, 3.8) is 0 Å². The molecule has 0 spiro atoms. The molecule has 4 heteroatoms. The van der Waals surface area contributed by atoms with Crippen LogP contribution in [0, 0.1) is 30.9 Å². The van der Waals surface area contributed by atoms with Crippen LogP contribution in [-0.2, 0) is 26.5 Å². The molecule has 2 nitrogen and oxygen atoms in total. The van der Waals surface area contributed by atoms with Gasteiger partial charge in [0, 0.05) is 0 Å². The van der Waals surface area contributed by atoms with Crippen molar-refractivity contribution in [3.05, 3.63) is 128 Å². The van der Waals surface area contributed by atoms with Gasteiger partial charge in [-0.2, -0.15) is 6.42 Å². The second-order valence-electron chi connectivity index (χ2n) is 5.65. The zero-order valence-corrected chi connectivity index (χ0v) is 19.2. The first-order chi connectivity index (χ1) is 14.9. The molecule has 0 saturated carbocycles. The van der Waals surface area contributed by atoms with Crippen LogP contribution in [0.15, 0.2) is 97.1 Å². The molecule has 31 heavy (non-hydrogen) atoms. The van der Waals surface area contributed by atoms with Crippen LogP contribution in [0.1, 0.15) is 13.3 Å². The van der Waals surface area contributed by atoms with E-state index in [1.54, 1.807) is 19.3 Å². The number of carbonyl (C=O) groups excluding carboxylic acids is 1. The molecule has 0 atom stereocenters. The summed E-state index contributed by atoms with van der Waals surface area (Å²) in [6.45, 7) is 6.26. The molecule has 0 bridgehead atoms. The van der Waals surface area contributed by atoms with E-state index < -0.39 is 7.92 Å². The Morgan fingerprint density at radius 1 is 0.774 bits per heavy atom. The summed E-state index contributed by atoms with van der Waals surface area (Å²) in [4.78, 5) is 9.05. The molecule has 154 valence electrons. The smallest absolute Gasteiger partial charge is 0.999 e. The molecule has 0 aromatic heterocycles. The minimum Gasteiger partial charge on any atom is -0.999 e. The van der Waals surface area contributed by atoms with Gasteiger partial charge in [0.15, 0.2) is 0 Å². The maximum atomic E-state index is 9.05. The van der Waals surface area contributed by atoms with E-state index in [1.165, 1.54) is 15.9 Å². The van der Waals surface area contributed by atoms with E-state index in [0.29, 0.717) is 6.42 Å². The van der Waals surface area contributed by atoms with E-state index in [2.05, 4.69) is 122 Å². The van der Waals surface area contributed by atoms with E-state index in [9.17, 15) is 0 Å². The maximum Gasteiger partial charge on any atom is 6.00 e. The second kappa shape index (κ2) is 19.3. The molecule has 4 rings (SSSR count). The first-order valence-electron chi connectivity index (χ1n) is 9.28. The van der Waals surface area contributed by atoms with Crippen molar-refractivity contribution >= 4 is 30.1 Å². The fourth-order valence-electron chi connectivity index (χ4n) is 2.49. The molecular weight excluding hydrogens is 443 g/mol. The molecule has 0 aliphatic rings. The van der Waals surface area contributed by atoms with Crippen molar-refractivity contribution in [1.29, 1.82) is 0 Å². The third-order valence-electron chi connectivity index (χ3n) is 3.68. The molecule has 0 heterocycles. The molecule has 0 radical (unpaired) electrons. The third kappa shape index (κ3) is 11.4. The molecule has 4 aromatic carbocycles. The Morgan fingerprint density at radius 3 is 1.26 bits per heavy atom. The zero-order valence-electron chi connectivity index (χ0n) is 17.1. The Hall–Kier alpha value is -2.63. The normalized spacial score (nSPS) is 8.65. The molecule has 0 unspecified atom stereocenters. The Balaban J connectivity index is 0.000000626. The van der Waals surface area contributed by atoms with Crippen molar-refractivity contribution in [2.45, 2.75) is 13.3 Å². The van der Waals surface area contributed by atoms with Crippen molar-refractivity contribution < 1.29 is 26.5 Å². The van der Waals surface area contributed by atoms with Gasteiger partial charge in [-0.1, -0.05) is 61.5 Å². The minimum atomic E-state index is -0.877. The van der Waals surface area contributed by atoms with Gasteiger partial charge in [0.1, 0.15) is 15.9 Å². The number of hydrogen-bond donors (Lipinski definition) is 0. The van der Waals surface area contributed by atoms with Crippen LogP contribution in [-0.4, -0.2) is 6.29 Å². The third-order valence-corrected chi connectivity index (χ3v) is 6.41. The molecule has 0 fully saturated rings. The topological polar surface area (TPSA) is 37.0 Å². The fraction of sp³-hybridized carbons (Fsp3) is 0.0741. The summed E-state index contributed by atoms with van der Waals surface area (Å²) in [5, 5.41) is 4.31. The SMILES string of the molecule is CC[C-]=O.[C-]#[O+].[Fe+6].[c-]1[c-][c-][cH-][c-]1.c1ccc([PH+](c2ccccc2)c2ccccc2)cc1. The molecule has 0 N–H and O–H groups in total. The molecule has 0 saturated heterocycles. The van der Waals surface area contributed by atoms with Crippen LogP contribution >= 0.6 is 7.92 Å². The van der Waals surface area contributed by atoms with Gasteiger partial charge >= 0.3 is 28.4 Å². The van der Waals surface area contributed by atoms with Gasteiger partial charge in [-0.05, 0) is 36.4 Å². The molecule has 0 aliphatic heterocycles. The van der Waals surface area contributed by atoms with Crippen LogP contribution in [0.25, 0.3) is 0 Å². The van der Waals surface area contributed by atoms with Crippen molar-refractivity contribution in [3.8, 4) is 0 Å². The van der Waals surface area contributed by atoms with E-state index in [1.807, 2.05) is 0 Å². The van der Waals surface area contributed by atoms with Crippen LogP contribution in [0.3, 0.4) is 0 Å². The van der Waals surface area contributed by atoms with Crippen molar-refractivity contribution in [2.75, 3.05) is 0 Å². The maximum absolute atomic E-state index is 9.05. The van der Waals surface area contributed by atoms with Gasteiger partial charge in [0.05, 0.1) is 7.92 Å². The van der Waals surface area contributed by atoms with Crippen LogP contribution in [0.4, 0.5) is 0 Å². The Bertz CT molecular complexity index is 798. The fourth-order valence-corrected chi connectivity index (χ4v) is 5.07. The summed E-state index contributed by atoms with van der Waals surface area (Å²) in [5.41, 5.74) is 0. The minimum absolute atomic E-state index is 0. The number of benzene rings is 3. The standard InChI is InChI=1S/C18H15P.C5H.C3H5O.CO.Fe/c1-4-10-16(11-5-1)19(17-12-6-2-7-13-17)18-14-8-3-9-15-18;1-2-4-5-3-1;1-2-3-4;1-2;/h1-15H;1H;2H2,1H3;;/q;-5;-1;;+6/p+1. The van der Waals surface area contributed by atoms with Crippen molar-refractivity contribution in [2.24, 2.45) is 0 Å². The number of rotatable bonds is 4. The first kappa shape index (κ1) is 28.4. The average Bonchev–Trinajstić information content (AvgIpc) is 3.43. The Labute approximate surface area is 197 Å². The van der Waals surface area contributed by atoms with E-state index in [4.69, 9.17) is 9.45 Å². The zero-order chi connectivity index (χ0) is 21.9. The second-order valence-corrected chi connectivity index (χ2v) is 8.14. The van der Waals surface area contributed by atoms with Gasteiger partial charge in [-0.3, -0.25) is 6.29 Å². The van der Waals surface area contributed by atoms with Gasteiger partial charge in [-0.25, -0.2) is 0 Å². The molecule has 4 aromatic rings. The van der Waals surface area contributed by atoms with Gasteiger partial charge < -0.3 is 35.1 Å². The van der Waals surface area contributed by atoms with Crippen LogP contribution in [0.2, 0.25) is 0 Å². The average molecular weight is 465 g/mol. The first-order valence-corrected chi connectivity index (χ1v) is 10.8. The largest absolute Gasteiger partial charge is 6.00 e. The van der Waals surface area contributed by atoms with E-state index in [-0.39, 0.29) is 17.1 Å². The summed E-state index contributed by atoms with van der Waals surface area (Å²) in [5.74, 6) is 0. The van der Waals surface area contributed by atoms with Gasteiger partial charge in [0.2, 0.25) is 0 Å². The van der Waals surface area contributed by atoms with Crippen LogP contribution in [0.5, 0.6) is 0 Å². The molecule has 0 aliphatic carbocycles. The molecular formula is C27H22FeO2P+. The summed E-state index contributed by atoms with van der Waals surface area (Å²) in [6.07, 6.45) is 2.19. The van der Waals surface area contributed by atoms with E-state index >= 15 is 0 Å². The monoisotopic (exact) mass is 465 g/mol. The van der Waals surface area contributed by atoms with Crippen molar-refractivity contribution in [1.82, 2.24) is 0 Å². The quantitative estimate of drug-likeness (QED) is 0.192. The molecule has 0 amide bonds. The predicted octanol–water partition coefficient (Wildman–Crippen LogP) is 4.25. The van der Waals surface area contributed by atoms with Crippen LogP contribution < -0.4 is 15.9 Å². The van der Waals surface area contributed by atoms with Gasteiger partial charge in [0.25, 0.3) is 0 Å².